The van der Waals surface area contributed by atoms with Crippen LogP contribution in [-0.2, 0) is 22.6 Å². The van der Waals surface area contributed by atoms with Gasteiger partial charge in [0.15, 0.2) is 0 Å². The standard InChI is InChI=1S/C24H32N2O2/c1-6-22(24(28)25-7-2)26(16-20-10-8-17(3)9-11-20)23(27)15-21-13-18(4)12-19(5)14-21/h8-14,22H,6-7,15-16H2,1-5H3,(H,25,28)/t22-/m1/s1. The topological polar surface area (TPSA) is 49.4 Å². The van der Waals surface area contributed by atoms with Gasteiger partial charge in [0.1, 0.15) is 6.04 Å². The maximum atomic E-state index is 13.3. The summed E-state index contributed by atoms with van der Waals surface area (Å²) in [6, 6.07) is 13.8. The second-order valence-electron chi connectivity index (χ2n) is 7.50. The Kier molecular flexibility index (Phi) is 7.80. The van der Waals surface area contributed by atoms with E-state index in [9.17, 15) is 9.59 Å². The molecule has 0 fully saturated rings. The molecule has 0 heterocycles. The van der Waals surface area contributed by atoms with Crippen molar-refractivity contribution in [3.8, 4) is 0 Å². The highest BCUT2D eigenvalue weighted by Gasteiger charge is 2.28. The number of carbonyl (C=O) groups is 2. The number of rotatable bonds is 8. The first-order valence-corrected chi connectivity index (χ1v) is 10.0. The molecular weight excluding hydrogens is 348 g/mol. The predicted octanol–water partition coefficient (Wildman–Crippen LogP) is 4.10. The molecule has 0 aliphatic carbocycles. The average Bonchev–Trinajstić information content (AvgIpc) is 2.62. The second kappa shape index (κ2) is 10.1. The van der Waals surface area contributed by atoms with Gasteiger partial charge in [-0.3, -0.25) is 9.59 Å². The lowest BCUT2D eigenvalue weighted by Gasteiger charge is -2.30. The quantitative estimate of drug-likeness (QED) is 0.750. The number of carbonyl (C=O) groups excluding carboxylic acids is 2. The van der Waals surface area contributed by atoms with Crippen molar-refractivity contribution in [2.75, 3.05) is 6.54 Å². The molecule has 0 saturated heterocycles. The molecule has 0 aliphatic heterocycles. The molecule has 4 nitrogen and oxygen atoms in total. The Morgan fingerprint density at radius 1 is 0.893 bits per heavy atom. The zero-order valence-corrected chi connectivity index (χ0v) is 17.7. The lowest BCUT2D eigenvalue weighted by Crippen LogP contribution is -2.49. The molecular formula is C24H32N2O2. The van der Waals surface area contributed by atoms with E-state index in [-0.39, 0.29) is 11.8 Å². The van der Waals surface area contributed by atoms with Crippen molar-refractivity contribution in [3.63, 3.8) is 0 Å². The van der Waals surface area contributed by atoms with Crippen LogP contribution in [0.5, 0.6) is 0 Å². The van der Waals surface area contributed by atoms with Crippen molar-refractivity contribution in [3.05, 3.63) is 70.3 Å². The van der Waals surface area contributed by atoms with E-state index in [0.717, 1.165) is 22.3 Å². The highest BCUT2D eigenvalue weighted by Crippen LogP contribution is 2.17. The summed E-state index contributed by atoms with van der Waals surface area (Å²) in [6.45, 7) is 10.9. The molecule has 2 amide bonds. The summed E-state index contributed by atoms with van der Waals surface area (Å²) in [5, 5.41) is 2.88. The third-order valence-corrected chi connectivity index (χ3v) is 4.85. The number of benzene rings is 2. The summed E-state index contributed by atoms with van der Waals surface area (Å²) in [5.74, 6) is -0.116. The Hall–Kier alpha value is -2.62. The minimum absolute atomic E-state index is 0.0244. The lowest BCUT2D eigenvalue weighted by molar-refractivity contribution is -0.140. The highest BCUT2D eigenvalue weighted by molar-refractivity contribution is 5.88. The van der Waals surface area contributed by atoms with Crippen LogP contribution in [0.15, 0.2) is 42.5 Å². The van der Waals surface area contributed by atoms with E-state index in [2.05, 4.69) is 11.4 Å². The zero-order chi connectivity index (χ0) is 20.7. The van der Waals surface area contributed by atoms with E-state index >= 15 is 0 Å². The van der Waals surface area contributed by atoms with Gasteiger partial charge in [0, 0.05) is 13.1 Å². The van der Waals surface area contributed by atoms with Crippen molar-refractivity contribution in [1.29, 1.82) is 0 Å². The zero-order valence-electron chi connectivity index (χ0n) is 17.7. The molecule has 1 atom stereocenters. The molecule has 2 aromatic carbocycles. The number of hydrogen-bond donors (Lipinski definition) is 1. The Labute approximate surface area is 169 Å². The van der Waals surface area contributed by atoms with E-state index in [1.165, 1.54) is 5.56 Å². The van der Waals surface area contributed by atoms with Crippen LogP contribution >= 0.6 is 0 Å². The van der Waals surface area contributed by atoms with Crippen LogP contribution in [0.1, 0.15) is 48.1 Å². The molecule has 0 aliphatic rings. The highest BCUT2D eigenvalue weighted by atomic mass is 16.2. The molecule has 0 unspecified atom stereocenters. The van der Waals surface area contributed by atoms with Gasteiger partial charge in [0.25, 0.3) is 0 Å². The van der Waals surface area contributed by atoms with Gasteiger partial charge in [-0.1, -0.05) is 66.1 Å². The van der Waals surface area contributed by atoms with Crippen molar-refractivity contribution < 1.29 is 9.59 Å². The van der Waals surface area contributed by atoms with Gasteiger partial charge in [0.2, 0.25) is 11.8 Å². The molecule has 0 radical (unpaired) electrons. The van der Waals surface area contributed by atoms with Gasteiger partial charge in [-0.15, -0.1) is 0 Å². The van der Waals surface area contributed by atoms with E-state index in [0.29, 0.717) is 25.9 Å². The first-order valence-electron chi connectivity index (χ1n) is 10.0. The number of likely N-dealkylation sites (N-methyl/N-ethyl adjacent to an activating group) is 1. The van der Waals surface area contributed by atoms with Gasteiger partial charge in [-0.25, -0.2) is 0 Å². The number of amides is 2. The van der Waals surface area contributed by atoms with E-state index in [1.54, 1.807) is 4.90 Å². The van der Waals surface area contributed by atoms with Crippen molar-refractivity contribution in [1.82, 2.24) is 10.2 Å². The van der Waals surface area contributed by atoms with Crippen LogP contribution in [0.2, 0.25) is 0 Å². The molecule has 28 heavy (non-hydrogen) atoms. The SMILES string of the molecule is CCNC(=O)[C@@H](CC)N(Cc1ccc(C)cc1)C(=O)Cc1cc(C)cc(C)c1. The average molecular weight is 381 g/mol. The minimum Gasteiger partial charge on any atom is -0.355 e. The normalized spacial score (nSPS) is 11.8. The second-order valence-corrected chi connectivity index (χ2v) is 7.50. The Morgan fingerprint density at radius 3 is 2.04 bits per heavy atom. The van der Waals surface area contributed by atoms with Crippen LogP contribution in [0.3, 0.4) is 0 Å². The van der Waals surface area contributed by atoms with Crippen LogP contribution < -0.4 is 5.32 Å². The van der Waals surface area contributed by atoms with Crippen LogP contribution in [-0.4, -0.2) is 29.3 Å². The molecule has 0 saturated carbocycles. The first-order chi connectivity index (χ1) is 13.3. The molecule has 150 valence electrons. The minimum atomic E-state index is -0.473. The van der Waals surface area contributed by atoms with Crippen molar-refractivity contribution in [2.45, 2.75) is 60.0 Å². The lowest BCUT2D eigenvalue weighted by atomic mass is 10.0. The fourth-order valence-corrected chi connectivity index (χ4v) is 3.55. The number of nitrogens with one attached hydrogen (secondary N) is 1. The van der Waals surface area contributed by atoms with Gasteiger partial charge >= 0.3 is 0 Å². The summed E-state index contributed by atoms with van der Waals surface area (Å²) in [7, 11) is 0. The van der Waals surface area contributed by atoms with Gasteiger partial charge < -0.3 is 10.2 Å². The molecule has 4 heteroatoms. The summed E-state index contributed by atoms with van der Waals surface area (Å²) >= 11 is 0. The maximum Gasteiger partial charge on any atom is 0.242 e. The number of aryl methyl sites for hydroxylation is 3. The van der Waals surface area contributed by atoms with Crippen LogP contribution in [0, 0.1) is 20.8 Å². The summed E-state index contributed by atoms with van der Waals surface area (Å²) < 4.78 is 0. The maximum absolute atomic E-state index is 13.3. The van der Waals surface area contributed by atoms with Gasteiger partial charge in [0.05, 0.1) is 6.42 Å². The molecule has 1 N–H and O–H groups in total. The van der Waals surface area contributed by atoms with Crippen LogP contribution in [0.25, 0.3) is 0 Å². The summed E-state index contributed by atoms with van der Waals surface area (Å²) in [6.07, 6.45) is 0.876. The Bertz CT molecular complexity index is 792. The summed E-state index contributed by atoms with van der Waals surface area (Å²) in [4.78, 5) is 27.6. The molecule has 2 aromatic rings. The Morgan fingerprint density at radius 2 is 1.50 bits per heavy atom. The van der Waals surface area contributed by atoms with E-state index in [4.69, 9.17) is 0 Å². The molecule has 2 rings (SSSR count). The molecule has 0 spiro atoms. The smallest absolute Gasteiger partial charge is 0.242 e. The van der Waals surface area contributed by atoms with Crippen molar-refractivity contribution in [2.24, 2.45) is 0 Å². The van der Waals surface area contributed by atoms with Crippen LogP contribution in [0.4, 0.5) is 0 Å². The summed E-state index contributed by atoms with van der Waals surface area (Å²) in [5.41, 5.74) is 5.48. The van der Waals surface area contributed by atoms with E-state index < -0.39 is 6.04 Å². The van der Waals surface area contributed by atoms with Gasteiger partial charge in [-0.2, -0.15) is 0 Å². The number of hydrogen-bond acceptors (Lipinski definition) is 2. The largest absolute Gasteiger partial charge is 0.355 e. The molecule has 0 aromatic heterocycles. The first kappa shape index (κ1) is 21.7. The monoisotopic (exact) mass is 380 g/mol. The predicted molar refractivity (Wildman–Crippen MR) is 114 cm³/mol. The number of nitrogens with zero attached hydrogens (tertiary/aromatic N) is 1. The van der Waals surface area contributed by atoms with Gasteiger partial charge in [-0.05, 0) is 45.2 Å². The third-order valence-electron chi connectivity index (χ3n) is 4.85. The third kappa shape index (κ3) is 5.95. The van der Waals surface area contributed by atoms with Crippen molar-refractivity contribution >= 4 is 11.8 Å². The fraction of sp³-hybridized carbons (Fsp3) is 0.417. The fourth-order valence-electron chi connectivity index (χ4n) is 3.55. The molecule has 0 bridgehead atoms. The Balaban J connectivity index is 2.30. The van der Waals surface area contributed by atoms with E-state index in [1.807, 2.05) is 71.0 Å².